The van der Waals surface area contributed by atoms with E-state index in [0.717, 1.165) is 12.8 Å². The van der Waals surface area contributed by atoms with Gasteiger partial charge in [0.2, 0.25) is 5.91 Å². The molecule has 0 saturated carbocycles. The second kappa shape index (κ2) is 6.79. The van der Waals surface area contributed by atoms with Crippen molar-refractivity contribution < 1.29 is 14.7 Å². The van der Waals surface area contributed by atoms with Crippen molar-refractivity contribution in [1.29, 1.82) is 0 Å². The first-order valence-corrected chi connectivity index (χ1v) is 6.19. The van der Waals surface area contributed by atoms with Crippen molar-refractivity contribution in [3.05, 3.63) is 35.4 Å². The highest BCUT2D eigenvalue weighted by molar-refractivity contribution is 5.91. The molecule has 0 heterocycles. The van der Waals surface area contributed by atoms with Crippen molar-refractivity contribution >= 4 is 11.9 Å². The third kappa shape index (κ3) is 3.87. The Balaban J connectivity index is 2.73. The second-order valence-electron chi connectivity index (χ2n) is 4.22. The van der Waals surface area contributed by atoms with Crippen LogP contribution in [0.2, 0.25) is 0 Å². The Morgan fingerprint density at radius 1 is 1.22 bits per heavy atom. The van der Waals surface area contributed by atoms with Crippen molar-refractivity contribution in [1.82, 2.24) is 5.32 Å². The summed E-state index contributed by atoms with van der Waals surface area (Å²) in [6.07, 6.45) is 1.87. The van der Waals surface area contributed by atoms with Gasteiger partial charge >= 0.3 is 5.97 Å². The summed E-state index contributed by atoms with van der Waals surface area (Å²) in [6, 6.07) is 6.75. The molecule has 1 amide bonds. The second-order valence-corrected chi connectivity index (χ2v) is 4.22. The van der Waals surface area contributed by atoms with Crippen LogP contribution in [-0.4, -0.2) is 23.0 Å². The van der Waals surface area contributed by atoms with Crippen LogP contribution in [0.5, 0.6) is 0 Å². The lowest BCUT2D eigenvalue weighted by Gasteiger charge is -2.15. The summed E-state index contributed by atoms with van der Waals surface area (Å²) in [5.74, 6) is -1.13. The molecule has 0 saturated heterocycles. The molecular formula is C14H19NO3. The molecule has 0 aliphatic heterocycles. The van der Waals surface area contributed by atoms with Gasteiger partial charge in [0.25, 0.3) is 0 Å². The highest BCUT2D eigenvalue weighted by atomic mass is 16.4. The van der Waals surface area contributed by atoms with Gasteiger partial charge in [0.15, 0.2) is 0 Å². The molecule has 18 heavy (non-hydrogen) atoms. The van der Waals surface area contributed by atoms with E-state index < -0.39 is 5.97 Å². The van der Waals surface area contributed by atoms with Crippen molar-refractivity contribution in [2.24, 2.45) is 0 Å². The van der Waals surface area contributed by atoms with Gasteiger partial charge in [0.1, 0.15) is 0 Å². The minimum atomic E-state index is -0.999. The summed E-state index contributed by atoms with van der Waals surface area (Å²) in [5, 5.41) is 11.9. The molecule has 0 atom stereocenters. The molecule has 0 radical (unpaired) electrons. The van der Waals surface area contributed by atoms with Gasteiger partial charge in [-0.2, -0.15) is 0 Å². The number of rotatable bonds is 6. The first kappa shape index (κ1) is 14.2. The maximum absolute atomic E-state index is 11.8. The van der Waals surface area contributed by atoms with Crippen LogP contribution in [0, 0.1) is 0 Å². The zero-order valence-corrected chi connectivity index (χ0v) is 10.8. The summed E-state index contributed by atoms with van der Waals surface area (Å²) >= 11 is 0. The monoisotopic (exact) mass is 249 g/mol. The fourth-order valence-corrected chi connectivity index (χ4v) is 1.83. The molecule has 1 rings (SSSR count). The normalized spacial score (nSPS) is 10.4. The number of nitrogens with one attached hydrogen (secondary N) is 1. The SMILES string of the molecule is CCC(CC)NC(=O)Cc1ccccc1C(=O)O. The number of amides is 1. The average molecular weight is 249 g/mol. The van der Waals surface area contributed by atoms with Gasteiger partial charge in [-0.15, -0.1) is 0 Å². The molecular weight excluding hydrogens is 230 g/mol. The number of aromatic carboxylic acids is 1. The largest absolute Gasteiger partial charge is 0.478 e. The summed E-state index contributed by atoms with van der Waals surface area (Å²) < 4.78 is 0. The van der Waals surface area contributed by atoms with E-state index in [1.807, 2.05) is 13.8 Å². The predicted molar refractivity (Wildman–Crippen MR) is 69.6 cm³/mol. The Bertz CT molecular complexity index is 425. The predicted octanol–water partition coefficient (Wildman–Crippen LogP) is 2.23. The molecule has 4 heteroatoms. The van der Waals surface area contributed by atoms with Gasteiger partial charge in [0.05, 0.1) is 12.0 Å². The molecule has 0 aliphatic rings. The number of hydrogen-bond acceptors (Lipinski definition) is 2. The zero-order valence-electron chi connectivity index (χ0n) is 10.8. The lowest BCUT2D eigenvalue weighted by molar-refractivity contribution is -0.121. The lowest BCUT2D eigenvalue weighted by Crippen LogP contribution is -2.35. The van der Waals surface area contributed by atoms with Gasteiger partial charge < -0.3 is 10.4 Å². The van der Waals surface area contributed by atoms with E-state index in [9.17, 15) is 9.59 Å². The highest BCUT2D eigenvalue weighted by Gasteiger charge is 2.14. The van der Waals surface area contributed by atoms with E-state index in [1.54, 1.807) is 18.2 Å². The van der Waals surface area contributed by atoms with Gasteiger partial charge in [-0.1, -0.05) is 32.0 Å². The topological polar surface area (TPSA) is 66.4 Å². The van der Waals surface area contributed by atoms with E-state index in [-0.39, 0.29) is 23.9 Å². The van der Waals surface area contributed by atoms with Gasteiger partial charge in [-0.3, -0.25) is 4.79 Å². The number of carboxylic acid groups (broad SMARTS) is 1. The van der Waals surface area contributed by atoms with Crippen molar-refractivity contribution in [3.8, 4) is 0 Å². The number of carbonyl (C=O) groups excluding carboxylic acids is 1. The van der Waals surface area contributed by atoms with E-state index in [2.05, 4.69) is 5.32 Å². The molecule has 0 aromatic heterocycles. The fourth-order valence-electron chi connectivity index (χ4n) is 1.83. The molecule has 0 aliphatic carbocycles. The van der Waals surface area contributed by atoms with Crippen LogP contribution in [0.1, 0.15) is 42.6 Å². The van der Waals surface area contributed by atoms with Crippen LogP contribution in [0.4, 0.5) is 0 Å². The van der Waals surface area contributed by atoms with Crippen LogP contribution in [0.25, 0.3) is 0 Å². The van der Waals surface area contributed by atoms with Gasteiger partial charge in [-0.25, -0.2) is 4.79 Å². The average Bonchev–Trinajstić information content (AvgIpc) is 2.36. The van der Waals surface area contributed by atoms with E-state index >= 15 is 0 Å². The Morgan fingerprint density at radius 3 is 2.39 bits per heavy atom. The van der Waals surface area contributed by atoms with Crippen LogP contribution in [-0.2, 0) is 11.2 Å². The van der Waals surface area contributed by atoms with Crippen LogP contribution >= 0.6 is 0 Å². The molecule has 0 fully saturated rings. The summed E-state index contributed by atoms with van der Waals surface area (Å²) in [5.41, 5.74) is 0.741. The Kier molecular flexibility index (Phi) is 5.36. The maximum Gasteiger partial charge on any atom is 0.335 e. The van der Waals surface area contributed by atoms with Gasteiger partial charge in [-0.05, 0) is 24.5 Å². The summed E-state index contributed by atoms with van der Waals surface area (Å²) in [6.45, 7) is 4.03. The molecule has 2 N–H and O–H groups in total. The van der Waals surface area contributed by atoms with Gasteiger partial charge in [0, 0.05) is 6.04 Å². The summed E-state index contributed by atoms with van der Waals surface area (Å²) in [4.78, 5) is 22.8. The van der Waals surface area contributed by atoms with Crippen LogP contribution in [0.3, 0.4) is 0 Å². The third-order valence-electron chi connectivity index (χ3n) is 2.95. The molecule has 1 aromatic carbocycles. The van der Waals surface area contributed by atoms with Crippen molar-refractivity contribution in [3.63, 3.8) is 0 Å². The minimum Gasteiger partial charge on any atom is -0.478 e. The van der Waals surface area contributed by atoms with Crippen molar-refractivity contribution in [2.45, 2.75) is 39.2 Å². The minimum absolute atomic E-state index is 0.110. The van der Waals surface area contributed by atoms with Crippen LogP contribution in [0.15, 0.2) is 24.3 Å². The Morgan fingerprint density at radius 2 is 1.83 bits per heavy atom. The third-order valence-corrected chi connectivity index (χ3v) is 2.95. The Hall–Kier alpha value is -1.84. The number of carbonyl (C=O) groups is 2. The first-order chi connectivity index (χ1) is 8.58. The smallest absolute Gasteiger partial charge is 0.335 e. The number of carboxylic acids is 1. The number of hydrogen-bond donors (Lipinski definition) is 2. The Labute approximate surface area is 107 Å². The fraction of sp³-hybridized carbons (Fsp3) is 0.429. The molecule has 0 bridgehead atoms. The zero-order chi connectivity index (χ0) is 13.5. The van der Waals surface area contributed by atoms with Crippen molar-refractivity contribution in [2.75, 3.05) is 0 Å². The molecule has 0 unspecified atom stereocenters. The molecule has 98 valence electrons. The summed E-state index contributed by atoms with van der Waals surface area (Å²) in [7, 11) is 0. The van der Waals surface area contributed by atoms with E-state index in [4.69, 9.17) is 5.11 Å². The van der Waals surface area contributed by atoms with E-state index in [1.165, 1.54) is 6.07 Å². The first-order valence-electron chi connectivity index (χ1n) is 6.19. The number of benzene rings is 1. The van der Waals surface area contributed by atoms with Crippen LogP contribution < -0.4 is 5.32 Å². The maximum atomic E-state index is 11.8. The standard InChI is InChI=1S/C14H19NO3/c1-3-11(4-2)15-13(16)9-10-7-5-6-8-12(10)14(17)18/h5-8,11H,3-4,9H2,1-2H3,(H,15,16)(H,17,18). The quantitative estimate of drug-likeness (QED) is 0.812. The van der Waals surface area contributed by atoms with E-state index in [0.29, 0.717) is 5.56 Å². The molecule has 4 nitrogen and oxygen atoms in total. The molecule has 1 aromatic rings. The highest BCUT2D eigenvalue weighted by Crippen LogP contribution is 2.10. The molecule has 0 spiro atoms. The lowest BCUT2D eigenvalue weighted by atomic mass is 10.0.